The second kappa shape index (κ2) is 14.6. The van der Waals surface area contributed by atoms with Gasteiger partial charge in [0.05, 0.1) is 15.8 Å². The van der Waals surface area contributed by atoms with E-state index in [1.54, 1.807) is 24.3 Å². The molecule has 0 amide bonds. The van der Waals surface area contributed by atoms with Gasteiger partial charge in [-0.1, -0.05) is 118 Å². The van der Waals surface area contributed by atoms with Gasteiger partial charge in [0.25, 0.3) is 20.2 Å². The van der Waals surface area contributed by atoms with Gasteiger partial charge in [0.2, 0.25) is 0 Å². The molecule has 286 valence electrons. The van der Waals surface area contributed by atoms with Gasteiger partial charge in [-0.2, -0.15) is 16.8 Å². The summed E-state index contributed by atoms with van der Waals surface area (Å²) >= 11 is 7.23. The second-order valence-corrected chi connectivity index (χ2v) is 18.8. The fraction of sp³-hybridized carbons (Fsp3) is 0.273. The first-order valence-corrected chi connectivity index (χ1v) is 21.6. The molecule has 3 aliphatic rings. The molecule has 11 heteroatoms. The summed E-state index contributed by atoms with van der Waals surface area (Å²) in [6, 6.07) is 29.7. The van der Waals surface area contributed by atoms with E-state index in [9.17, 15) is 25.9 Å². The lowest BCUT2D eigenvalue weighted by Gasteiger charge is -2.33. The van der Waals surface area contributed by atoms with Crippen molar-refractivity contribution in [2.75, 3.05) is 9.80 Å². The van der Waals surface area contributed by atoms with E-state index in [0.717, 1.165) is 69.7 Å². The van der Waals surface area contributed by atoms with Crippen molar-refractivity contribution >= 4 is 43.2 Å². The molecular formula is C44H45ClN2O6S2. The summed E-state index contributed by atoms with van der Waals surface area (Å²) in [5.41, 5.74) is 7.54. The van der Waals surface area contributed by atoms with Crippen LogP contribution in [0.15, 0.2) is 153 Å². The monoisotopic (exact) mass is 796 g/mol. The van der Waals surface area contributed by atoms with Crippen LogP contribution in [-0.4, -0.2) is 32.0 Å². The van der Waals surface area contributed by atoms with E-state index < -0.39 is 31.1 Å². The number of nitrogens with zero attached hydrogens (tertiary/aromatic N) is 2. The highest BCUT2D eigenvalue weighted by molar-refractivity contribution is 7.86. The fourth-order valence-electron chi connectivity index (χ4n) is 8.30. The minimum absolute atomic E-state index is 0.125. The van der Waals surface area contributed by atoms with Crippen molar-refractivity contribution in [2.45, 2.75) is 86.7 Å². The maximum absolute atomic E-state index is 12.1. The Bertz CT molecular complexity index is 2490. The third-order valence-corrected chi connectivity index (χ3v) is 13.4. The van der Waals surface area contributed by atoms with Crippen molar-refractivity contribution in [3.63, 3.8) is 0 Å². The summed E-state index contributed by atoms with van der Waals surface area (Å²) < 4.78 is 68.3. The van der Waals surface area contributed by atoms with Crippen molar-refractivity contribution in [3.8, 4) is 0 Å². The van der Waals surface area contributed by atoms with Crippen LogP contribution in [0.3, 0.4) is 0 Å². The van der Waals surface area contributed by atoms with Crippen LogP contribution in [0.2, 0.25) is 0 Å². The first-order valence-electron chi connectivity index (χ1n) is 18.3. The molecule has 0 aromatic heterocycles. The van der Waals surface area contributed by atoms with Gasteiger partial charge >= 0.3 is 0 Å². The molecule has 1 aliphatic carbocycles. The molecule has 0 saturated carbocycles. The first kappa shape index (κ1) is 38.8. The van der Waals surface area contributed by atoms with E-state index >= 15 is 0 Å². The predicted molar refractivity (Wildman–Crippen MR) is 220 cm³/mol. The number of hydrogen-bond donors (Lipinski definition) is 2. The van der Waals surface area contributed by atoms with E-state index in [-0.39, 0.29) is 15.8 Å². The van der Waals surface area contributed by atoms with Crippen LogP contribution in [0.4, 0.5) is 11.4 Å². The Labute approximate surface area is 329 Å². The van der Waals surface area contributed by atoms with Gasteiger partial charge in [0, 0.05) is 46.0 Å². The molecule has 1 unspecified atom stereocenters. The highest BCUT2D eigenvalue weighted by Crippen LogP contribution is 2.50. The molecule has 4 aromatic rings. The van der Waals surface area contributed by atoms with Crippen LogP contribution < -0.4 is 9.80 Å². The molecule has 0 saturated heterocycles. The average Bonchev–Trinajstić information content (AvgIpc) is 3.48. The number of allylic oxidation sites excluding steroid dienone is 7. The SMILES string of the molecule is CC1(C)/C(=C\C=C2/CCCC(/C=C/C3N(Cc4ccccc4)c4ccc(S(=O)(=O)O)cc4C3(C)C)=C2Cl)N(Cc2ccccc2)c2ccc(S(=O)(=O)O)cc21. The summed E-state index contributed by atoms with van der Waals surface area (Å²) in [4.78, 5) is 4.22. The molecule has 0 bridgehead atoms. The Morgan fingerprint density at radius 1 is 0.727 bits per heavy atom. The van der Waals surface area contributed by atoms with Crippen molar-refractivity contribution in [3.05, 3.63) is 165 Å². The number of benzene rings is 4. The van der Waals surface area contributed by atoms with E-state index in [0.29, 0.717) is 18.1 Å². The van der Waals surface area contributed by atoms with Crippen molar-refractivity contribution in [1.82, 2.24) is 0 Å². The third-order valence-electron chi connectivity index (χ3n) is 11.3. The minimum atomic E-state index is -4.39. The molecule has 8 nitrogen and oxygen atoms in total. The quantitative estimate of drug-likeness (QED) is 0.161. The fourth-order valence-corrected chi connectivity index (χ4v) is 9.62. The Balaban J connectivity index is 1.25. The molecule has 4 aromatic carbocycles. The molecule has 0 fully saturated rings. The summed E-state index contributed by atoms with van der Waals surface area (Å²) in [5.74, 6) is 0. The molecule has 0 spiro atoms. The standard InChI is InChI=1S/C44H45ClN2O6S2/c1-43(2)36-26-34(54(48,49)50)20-22-38(36)46(28-30-12-7-5-8-13-30)40(43)24-18-32-16-11-17-33(42(32)45)19-25-41-44(3,4)37-27-35(55(51,52)53)21-23-39(37)47(41)29-31-14-9-6-10-15-31/h5-10,12-15,18-27,40H,11,16-17,28-29H2,1-4H3,(H,48,49,50)(H,51,52,53)/b24-18+,33-19+,41-25+. The van der Waals surface area contributed by atoms with E-state index in [4.69, 9.17) is 11.6 Å². The van der Waals surface area contributed by atoms with Gasteiger partial charge < -0.3 is 9.80 Å². The Kier molecular flexibility index (Phi) is 10.3. The molecular weight excluding hydrogens is 752 g/mol. The lowest BCUT2D eigenvalue weighted by molar-refractivity contribution is 0.470. The second-order valence-electron chi connectivity index (χ2n) is 15.6. The number of hydrogen-bond acceptors (Lipinski definition) is 6. The number of fused-ring (bicyclic) bond motifs is 2. The predicted octanol–water partition coefficient (Wildman–Crippen LogP) is 9.89. The number of rotatable bonds is 9. The van der Waals surface area contributed by atoms with Crippen molar-refractivity contribution in [1.29, 1.82) is 0 Å². The first-order chi connectivity index (χ1) is 26.0. The zero-order valence-electron chi connectivity index (χ0n) is 31.3. The molecule has 0 radical (unpaired) electrons. The lowest BCUT2D eigenvalue weighted by atomic mass is 9.80. The average molecular weight is 797 g/mol. The molecule has 55 heavy (non-hydrogen) atoms. The minimum Gasteiger partial charge on any atom is -0.360 e. The van der Waals surface area contributed by atoms with Crippen molar-refractivity contribution < 1.29 is 25.9 Å². The summed E-state index contributed by atoms with van der Waals surface area (Å²) in [5, 5.41) is 0.688. The van der Waals surface area contributed by atoms with Crippen LogP contribution >= 0.6 is 11.6 Å². The van der Waals surface area contributed by atoms with E-state index in [1.807, 2.05) is 36.4 Å². The molecule has 1 atom stereocenters. The van der Waals surface area contributed by atoms with Gasteiger partial charge in [0.15, 0.2) is 0 Å². The largest absolute Gasteiger partial charge is 0.360 e. The Morgan fingerprint density at radius 3 is 1.89 bits per heavy atom. The van der Waals surface area contributed by atoms with Gasteiger partial charge in [-0.05, 0) is 95.1 Å². The zero-order valence-corrected chi connectivity index (χ0v) is 33.7. The highest BCUT2D eigenvalue weighted by Gasteiger charge is 2.44. The highest BCUT2D eigenvalue weighted by atomic mass is 35.5. The van der Waals surface area contributed by atoms with Crippen LogP contribution in [0.1, 0.15) is 69.2 Å². The maximum Gasteiger partial charge on any atom is 0.294 e. The van der Waals surface area contributed by atoms with Gasteiger partial charge in [-0.25, -0.2) is 0 Å². The topological polar surface area (TPSA) is 115 Å². The normalized spacial score (nSPS) is 20.8. The van der Waals surface area contributed by atoms with E-state index in [1.165, 1.54) is 12.1 Å². The maximum atomic E-state index is 12.1. The zero-order chi connectivity index (χ0) is 39.3. The smallest absolute Gasteiger partial charge is 0.294 e. The molecule has 2 heterocycles. The van der Waals surface area contributed by atoms with Gasteiger partial charge in [0.1, 0.15) is 0 Å². The lowest BCUT2D eigenvalue weighted by Crippen LogP contribution is -2.39. The van der Waals surface area contributed by atoms with Gasteiger partial charge in [-0.15, -0.1) is 0 Å². The number of halogens is 1. The molecule has 2 N–H and O–H groups in total. The number of anilines is 2. The summed E-state index contributed by atoms with van der Waals surface area (Å²) in [6.07, 6.45) is 10.9. The van der Waals surface area contributed by atoms with E-state index in [2.05, 4.69) is 86.1 Å². The molecule has 2 aliphatic heterocycles. The summed E-state index contributed by atoms with van der Waals surface area (Å²) in [7, 11) is -8.77. The van der Waals surface area contributed by atoms with Crippen LogP contribution in [0, 0.1) is 0 Å². The molecule has 7 rings (SSSR count). The van der Waals surface area contributed by atoms with Crippen LogP contribution in [0.25, 0.3) is 0 Å². The van der Waals surface area contributed by atoms with Crippen LogP contribution in [0.5, 0.6) is 0 Å². The Hall–Kier alpha value is -4.45. The third kappa shape index (κ3) is 7.58. The van der Waals surface area contributed by atoms with Crippen LogP contribution in [-0.2, 0) is 44.2 Å². The summed E-state index contributed by atoms with van der Waals surface area (Å²) in [6.45, 7) is 9.48. The van der Waals surface area contributed by atoms with Gasteiger partial charge in [-0.3, -0.25) is 9.11 Å². The Morgan fingerprint density at radius 2 is 1.29 bits per heavy atom. The van der Waals surface area contributed by atoms with Crippen molar-refractivity contribution in [2.24, 2.45) is 0 Å².